The van der Waals surface area contributed by atoms with E-state index in [0.717, 1.165) is 9.98 Å². The third kappa shape index (κ3) is 2.61. The number of nitrogens with zero attached hydrogens (tertiary/aromatic N) is 1. The summed E-state index contributed by atoms with van der Waals surface area (Å²) in [7, 11) is -2.67. The summed E-state index contributed by atoms with van der Waals surface area (Å²) < 4.78 is 21.5. The Balaban J connectivity index is 2.64. The van der Waals surface area contributed by atoms with Crippen LogP contribution in [0.3, 0.4) is 0 Å². The molecule has 0 saturated carbocycles. The van der Waals surface area contributed by atoms with Gasteiger partial charge in [0.1, 0.15) is 0 Å². The molecule has 5 heteroatoms. The Bertz CT molecular complexity index is 302. The minimum Gasteiger partial charge on any atom is -0.255 e. The van der Waals surface area contributed by atoms with Crippen LogP contribution < -0.4 is 5.84 Å². The van der Waals surface area contributed by atoms with Gasteiger partial charge in [-0.05, 0) is 5.56 Å². The van der Waals surface area contributed by atoms with Crippen molar-refractivity contribution in [2.24, 2.45) is 5.84 Å². The van der Waals surface area contributed by atoms with Crippen molar-refractivity contribution in [1.29, 1.82) is 0 Å². The zero-order valence-corrected chi connectivity index (χ0v) is 7.28. The van der Waals surface area contributed by atoms with Gasteiger partial charge in [-0.2, -0.15) is 0 Å². The van der Waals surface area contributed by atoms with Crippen molar-refractivity contribution in [1.82, 2.24) is 4.41 Å². The fourth-order valence-electron chi connectivity index (χ4n) is 0.828. The molecule has 0 fully saturated rings. The predicted octanol–water partition coefficient (Wildman–Crippen LogP) is -0.111. The van der Waals surface area contributed by atoms with Crippen LogP contribution in [-0.2, 0) is 17.4 Å². The number of hydrogen-bond donors (Lipinski definition) is 2. The lowest BCUT2D eigenvalue weighted by molar-refractivity contribution is 0.438. The Morgan fingerprint density at radius 1 is 1.25 bits per heavy atom. The van der Waals surface area contributed by atoms with E-state index >= 15 is 0 Å². The summed E-state index contributed by atoms with van der Waals surface area (Å²) in [6, 6.07) is 9.17. The van der Waals surface area contributed by atoms with Crippen LogP contribution in [0.2, 0.25) is 0 Å². The molecule has 0 amide bonds. The fraction of sp³-hybridized carbons (Fsp3) is 0.143. The minimum atomic E-state index is -2.67. The Hall–Kier alpha value is -0.910. The monoisotopic (exact) mass is 186 g/mol. The second-order valence-corrected chi connectivity index (χ2v) is 3.31. The second kappa shape index (κ2) is 4.20. The van der Waals surface area contributed by atoms with Gasteiger partial charge in [-0.1, -0.05) is 30.3 Å². The highest BCUT2D eigenvalue weighted by molar-refractivity contribution is 7.69. The molecule has 0 aliphatic heterocycles. The van der Waals surface area contributed by atoms with E-state index in [1.165, 1.54) is 0 Å². The lowest BCUT2D eigenvalue weighted by atomic mass is 10.2. The maximum atomic E-state index is 10.3. The highest BCUT2D eigenvalue weighted by Crippen LogP contribution is 2.00. The van der Waals surface area contributed by atoms with Gasteiger partial charge in [0.15, 0.2) is 0 Å². The summed E-state index contributed by atoms with van der Waals surface area (Å²) in [6.07, 6.45) is 0. The Labute approximate surface area is 72.7 Å². The molecule has 66 valence electrons. The van der Waals surface area contributed by atoms with Crippen LogP contribution in [0.5, 0.6) is 0 Å². The third-order valence-corrected chi connectivity index (χ3v) is 1.96. The van der Waals surface area contributed by atoms with Gasteiger partial charge < -0.3 is 0 Å². The van der Waals surface area contributed by atoms with Crippen molar-refractivity contribution in [2.45, 2.75) is 6.54 Å². The number of rotatable bonds is 3. The average molecular weight is 186 g/mol. The number of nitrogens with two attached hydrogens (primary N) is 1. The van der Waals surface area contributed by atoms with E-state index in [4.69, 9.17) is 5.84 Å². The van der Waals surface area contributed by atoms with E-state index in [1.807, 2.05) is 30.3 Å². The SMILES string of the molecule is NN(Cc1ccccc1)[SH](=O)=O. The largest absolute Gasteiger partial charge is 0.255 e. The second-order valence-electron chi connectivity index (χ2n) is 2.32. The zero-order chi connectivity index (χ0) is 8.97. The molecule has 1 rings (SSSR count). The van der Waals surface area contributed by atoms with E-state index in [-0.39, 0.29) is 6.54 Å². The Morgan fingerprint density at radius 2 is 1.83 bits per heavy atom. The van der Waals surface area contributed by atoms with Crippen LogP contribution in [0.15, 0.2) is 30.3 Å². The topological polar surface area (TPSA) is 63.4 Å². The first-order valence-electron chi connectivity index (χ1n) is 3.40. The highest BCUT2D eigenvalue weighted by Gasteiger charge is 2.00. The zero-order valence-electron chi connectivity index (χ0n) is 6.38. The van der Waals surface area contributed by atoms with Crippen LogP contribution in [-0.4, -0.2) is 12.8 Å². The smallest absolute Gasteiger partial charge is 0.216 e. The Morgan fingerprint density at radius 3 is 2.33 bits per heavy atom. The number of benzene rings is 1. The summed E-state index contributed by atoms with van der Waals surface area (Å²) >= 11 is 0. The molecule has 0 unspecified atom stereocenters. The van der Waals surface area contributed by atoms with Crippen molar-refractivity contribution in [2.75, 3.05) is 0 Å². The molecule has 0 atom stereocenters. The van der Waals surface area contributed by atoms with Gasteiger partial charge >= 0.3 is 0 Å². The average Bonchev–Trinajstić information content (AvgIpc) is 2.06. The number of hydrogen-bond acceptors (Lipinski definition) is 3. The van der Waals surface area contributed by atoms with Crippen molar-refractivity contribution < 1.29 is 8.42 Å². The lowest BCUT2D eigenvalue weighted by Gasteiger charge is -2.06. The van der Waals surface area contributed by atoms with Crippen molar-refractivity contribution in [3.05, 3.63) is 35.9 Å². The highest BCUT2D eigenvalue weighted by atomic mass is 32.2. The van der Waals surface area contributed by atoms with Crippen LogP contribution >= 0.6 is 0 Å². The molecule has 0 heterocycles. The van der Waals surface area contributed by atoms with Crippen LogP contribution in [0.25, 0.3) is 0 Å². The minimum absolute atomic E-state index is 0.222. The first-order valence-corrected chi connectivity index (χ1v) is 4.53. The molecule has 0 bridgehead atoms. The summed E-state index contributed by atoms with van der Waals surface area (Å²) in [5.74, 6) is 5.19. The number of hydrazine groups is 1. The number of thiol groups is 1. The molecule has 0 spiro atoms. The fourth-order valence-corrected chi connectivity index (χ4v) is 1.11. The molecule has 0 radical (unpaired) electrons. The molecular formula is C7H10N2O2S. The molecule has 0 aromatic heterocycles. The van der Waals surface area contributed by atoms with E-state index in [0.29, 0.717) is 0 Å². The van der Waals surface area contributed by atoms with Crippen molar-refractivity contribution in [3.63, 3.8) is 0 Å². The van der Waals surface area contributed by atoms with Crippen LogP contribution in [0, 0.1) is 0 Å². The van der Waals surface area contributed by atoms with Gasteiger partial charge in [-0.25, -0.2) is 8.42 Å². The summed E-state index contributed by atoms with van der Waals surface area (Å²) in [5, 5.41) is 0. The van der Waals surface area contributed by atoms with Gasteiger partial charge in [0.2, 0.25) is 10.9 Å². The standard InChI is InChI=1S/C7H10N2O2S/c8-9(12(10)11)6-7-4-2-1-3-5-7/h1-5,12H,6,8H2. The normalized spacial score (nSPS) is 10.9. The molecule has 12 heavy (non-hydrogen) atoms. The van der Waals surface area contributed by atoms with E-state index in [1.54, 1.807) is 0 Å². The molecule has 0 aliphatic carbocycles. The summed E-state index contributed by atoms with van der Waals surface area (Å²) in [5.41, 5.74) is 0.874. The van der Waals surface area contributed by atoms with Crippen molar-refractivity contribution in [3.8, 4) is 0 Å². The van der Waals surface area contributed by atoms with Gasteiger partial charge in [-0.15, -0.1) is 4.41 Å². The summed E-state index contributed by atoms with van der Waals surface area (Å²) in [4.78, 5) is 0. The van der Waals surface area contributed by atoms with Gasteiger partial charge in [0, 0.05) is 0 Å². The Kier molecular flexibility index (Phi) is 3.21. The van der Waals surface area contributed by atoms with E-state index in [2.05, 4.69) is 0 Å². The van der Waals surface area contributed by atoms with E-state index in [9.17, 15) is 8.42 Å². The van der Waals surface area contributed by atoms with Gasteiger partial charge in [0.25, 0.3) is 0 Å². The molecule has 1 aromatic carbocycles. The van der Waals surface area contributed by atoms with Crippen LogP contribution in [0.1, 0.15) is 5.56 Å². The van der Waals surface area contributed by atoms with Gasteiger partial charge in [0.05, 0.1) is 6.54 Å². The van der Waals surface area contributed by atoms with Crippen LogP contribution in [0.4, 0.5) is 0 Å². The quantitative estimate of drug-likeness (QED) is 0.393. The molecule has 2 N–H and O–H groups in total. The van der Waals surface area contributed by atoms with E-state index < -0.39 is 10.9 Å². The molecule has 0 saturated heterocycles. The van der Waals surface area contributed by atoms with Crippen molar-refractivity contribution >= 4 is 10.9 Å². The molecule has 1 aromatic rings. The summed E-state index contributed by atoms with van der Waals surface area (Å²) in [6.45, 7) is 0.222. The van der Waals surface area contributed by atoms with Gasteiger partial charge in [-0.3, -0.25) is 5.84 Å². The first kappa shape index (κ1) is 9.18. The molecule has 0 aliphatic rings. The third-order valence-electron chi connectivity index (χ3n) is 1.40. The molecule has 4 nitrogen and oxygen atoms in total. The maximum Gasteiger partial charge on any atom is 0.216 e. The predicted molar refractivity (Wildman–Crippen MR) is 46.5 cm³/mol. The first-order chi connectivity index (χ1) is 5.70. The lowest BCUT2D eigenvalue weighted by Crippen LogP contribution is -2.28. The molecular weight excluding hydrogens is 176 g/mol. The maximum absolute atomic E-state index is 10.3.